The molecule has 3 fully saturated rings. The lowest BCUT2D eigenvalue weighted by Gasteiger charge is -2.40. The van der Waals surface area contributed by atoms with Crippen molar-refractivity contribution in [3.63, 3.8) is 0 Å². The Labute approximate surface area is 139 Å². The molecule has 5 nitrogen and oxygen atoms in total. The highest BCUT2D eigenvalue weighted by Gasteiger charge is 2.43. The van der Waals surface area contributed by atoms with Gasteiger partial charge < -0.3 is 14.2 Å². The number of nitrogens with zero attached hydrogens (tertiary/aromatic N) is 1. The van der Waals surface area contributed by atoms with Crippen LogP contribution in [0.2, 0.25) is 0 Å². The zero-order chi connectivity index (χ0) is 16.4. The van der Waals surface area contributed by atoms with Crippen LogP contribution in [0.4, 0.5) is 0 Å². The summed E-state index contributed by atoms with van der Waals surface area (Å²) in [4.78, 5) is 14.2. The highest BCUT2D eigenvalue weighted by atomic mass is 16.7. The van der Waals surface area contributed by atoms with Crippen molar-refractivity contribution in [1.82, 2.24) is 4.90 Å². The van der Waals surface area contributed by atoms with E-state index in [1.807, 2.05) is 0 Å². The summed E-state index contributed by atoms with van der Waals surface area (Å²) < 4.78 is 17.4. The lowest BCUT2D eigenvalue weighted by atomic mass is 9.75. The molecule has 0 aromatic heterocycles. The predicted molar refractivity (Wildman–Crippen MR) is 86.9 cm³/mol. The first kappa shape index (κ1) is 17.2. The van der Waals surface area contributed by atoms with Crippen LogP contribution in [0.3, 0.4) is 0 Å². The molecule has 0 spiro atoms. The molecule has 0 radical (unpaired) electrons. The third kappa shape index (κ3) is 4.06. The average molecular weight is 325 g/mol. The molecule has 0 bridgehead atoms. The fourth-order valence-electron chi connectivity index (χ4n) is 4.30. The Hall–Kier alpha value is -0.650. The van der Waals surface area contributed by atoms with Gasteiger partial charge in [0.05, 0.1) is 31.8 Å². The predicted octanol–water partition coefficient (Wildman–Crippen LogP) is 2.44. The van der Waals surface area contributed by atoms with E-state index >= 15 is 0 Å². The summed E-state index contributed by atoms with van der Waals surface area (Å²) in [5, 5.41) is 0. The highest BCUT2D eigenvalue weighted by molar-refractivity contribution is 5.72. The summed E-state index contributed by atoms with van der Waals surface area (Å²) in [6.07, 6.45) is 3.81. The molecule has 1 aliphatic carbocycles. The topological polar surface area (TPSA) is 48.0 Å². The van der Waals surface area contributed by atoms with E-state index < -0.39 is 6.29 Å². The average Bonchev–Trinajstić information content (AvgIpc) is 2.88. The van der Waals surface area contributed by atoms with E-state index in [1.54, 1.807) is 0 Å². The first-order valence-corrected chi connectivity index (χ1v) is 9.21. The van der Waals surface area contributed by atoms with Crippen molar-refractivity contribution in [3.05, 3.63) is 0 Å². The van der Waals surface area contributed by atoms with Crippen LogP contribution < -0.4 is 0 Å². The molecule has 3 aliphatic rings. The minimum absolute atomic E-state index is 0.0523. The second kappa shape index (κ2) is 7.49. The van der Waals surface area contributed by atoms with Gasteiger partial charge in [0, 0.05) is 13.1 Å². The van der Waals surface area contributed by atoms with Crippen LogP contribution in [0.15, 0.2) is 0 Å². The Balaban J connectivity index is 1.66. The first-order valence-electron chi connectivity index (χ1n) is 9.21. The molecule has 2 saturated heterocycles. The van der Waals surface area contributed by atoms with Crippen LogP contribution >= 0.6 is 0 Å². The molecule has 23 heavy (non-hydrogen) atoms. The molecule has 132 valence electrons. The first-order chi connectivity index (χ1) is 11.0. The van der Waals surface area contributed by atoms with Gasteiger partial charge in [-0.3, -0.25) is 9.69 Å². The maximum Gasteiger partial charge on any atom is 0.309 e. The monoisotopic (exact) mass is 325 g/mol. The fourth-order valence-corrected chi connectivity index (χ4v) is 4.30. The van der Waals surface area contributed by atoms with Crippen molar-refractivity contribution >= 4 is 5.97 Å². The number of cyclic esters (lactones) is 1. The number of ether oxygens (including phenoxy) is 3. The quantitative estimate of drug-likeness (QED) is 0.743. The van der Waals surface area contributed by atoms with E-state index in [2.05, 4.69) is 25.7 Å². The van der Waals surface area contributed by atoms with E-state index in [1.165, 1.54) is 12.8 Å². The van der Waals surface area contributed by atoms with Crippen molar-refractivity contribution < 1.29 is 19.0 Å². The highest BCUT2D eigenvalue weighted by Crippen LogP contribution is 2.37. The van der Waals surface area contributed by atoms with Crippen LogP contribution in [0.1, 0.15) is 46.5 Å². The zero-order valence-electron chi connectivity index (χ0n) is 14.7. The van der Waals surface area contributed by atoms with Gasteiger partial charge in [0.2, 0.25) is 6.29 Å². The van der Waals surface area contributed by atoms with E-state index in [0.717, 1.165) is 32.7 Å². The number of hydrogen-bond donors (Lipinski definition) is 0. The summed E-state index contributed by atoms with van der Waals surface area (Å²) in [5.41, 5.74) is 0. The summed E-state index contributed by atoms with van der Waals surface area (Å²) in [5.74, 6) is 1.73. The van der Waals surface area contributed by atoms with Crippen LogP contribution in [-0.4, -0.2) is 55.6 Å². The molecule has 3 rings (SSSR count). The van der Waals surface area contributed by atoms with Gasteiger partial charge in [-0.05, 0) is 30.6 Å². The zero-order valence-corrected chi connectivity index (χ0v) is 14.7. The normalized spacial score (nSPS) is 39.7. The Bertz CT molecular complexity index is 408. The van der Waals surface area contributed by atoms with Gasteiger partial charge in [-0.2, -0.15) is 0 Å². The van der Waals surface area contributed by atoms with Gasteiger partial charge in [-0.1, -0.05) is 27.2 Å². The van der Waals surface area contributed by atoms with Gasteiger partial charge in [0.1, 0.15) is 0 Å². The molecule has 5 heteroatoms. The largest absolute Gasteiger partial charge is 0.434 e. The molecular weight excluding hydrogens is 294 g/mol. The Kier molecular flexibility index (Phi) is 5.60. The van der Waals surface area contributed by atoms with E-state index in [-0.39, 0.29) is 18.1 Å². The molecule has 2 aliphatic heterocycles. The van der Waals surface area contributed by atoms with Gasteiger partial charge in [-0.15, -0.1) is 0 Å². The SMILES string of the molecule is CC(C)[C@@H]1CC[C@@H](C)C[C@H]1O[C@@H]1OC(=O)C[C@H]1N1CCOCC1. The minimum Gasteiger partial charge on any atom is -0.434 e. The maximum atomic E-state index is 11.9. The third-order valence-corrected chi connectivity index (χ3v) is 5.72. The fraction of sp³-hybridized carbons (Fsp3) is 0.944. The summed E-state index contributed by atoms with van der Waals surface area (Å²) in [6, 6.07) is 0.0523. The van der Waals surface area contributed by atoms with Gasteiger partial charge in [0.25, 0.3) is 0 Å². The maximum absolute atomic E-state index is 11.9. The van der Waals surface area contributed by atoms with E-state index in [9.17, 15) is 4.79 Å². The molecule has 0 unspecified atom stereocenters. The molecule has 0 N–H and O–H groups in total. The van der Waals surface area contributed by atoms with E-state index in [0.29, 0.717) is 24.2 Å². The second-order valence-corrected chi connectivity index (χ2v) is 7.78. The van der Waals surface area contributed by atoms with Crippen molar-refractivity contribution in [1.29, 1.82) is 0 Å². The lowest BCUT2D eigenvalue weighted by molar-refractivity contribution is -0.200. The van der Waals surface area contributed by atoms with Crippen LogP contribution in [0, 0.1) is 17.8 Å². The van der Waals surface area contributed by atoms with Gasteiger partial charge >= 0.3 is 5.97 Å². The molecule has 0 aromatic carbocycles. The summed E-state index contributed by atoms with van der Waals surface area (Å²) >= 11 is 0. The van der Waals surface area contributed by atoms with Crippen molar-refractivity contribution in [3.8, 4) is 0 Å². The number of hydrogen-bond acceptors (Lipinski definition) is 5. The Morgan fingerprint density at radius 3 is 2.65 bits per heavy atom. The van der Waals surface area contributed by atoms with Crippen molar-refractivity contribution in [2.75, 3.05) is 26.3 Å². The van der Waals surface area contributed by atoms with Crippen LogP contribution in [0.25, 0.3) is 0 Å². The molecule has 5 atom stereocenters. The number of carbonyl (C=O) groups is 1. The van der Waals surface area contributed by atoms with Crippen molar-refractivity contribution in [2.24, 2.45) is 17.8 Å². The smallest absolute Gasteiger partial charge is 0.309 e. The lowest BCUT2D eigenvalue weighted by Crippen LogP contribution is -2.49. The van der Waals surface area contributed by atoms with Crippen LogP contribution in [-0.2, 0) is 19.0 Å². The molecule has 2 heterocycles. The minimum atomic E-state index is -0.405. The van der Waals surface area contributed by atoms with Crippen LogP contribution in [0.5, 0.6) is 0 Å². The summed E-state index contributed by atoms with van der Waals surface area (Å²) in [7, 11) is 0. The molecular formula is C18H31NO4. The Morgan fingerprint density at radius 2 is 1.96 bits per heavy atom. The standard InChI is InChI=1S/C18H31NO4/c1-12(2)14-5-4-13(3)10-16(14)22-18-15(11-17(20)23-18)19-6-8-21-9-7-19/h12-16,18H,4-11H2,1-3H3/t13-,14+,15-,16-,18-/m1/s1. The van der Waals surface area contributed by atoms with Gasteiger partial charge in [0.15, 0.2) is 0 Å². The molecule has 0 amide bonds. The molecule has 1 saturated carbocycles. The number of esters is 1. The summed E-state index contributed by atoms with van der Waals surface area (Å²) in [6.45, 7) is 10.0. The van der Waals surface area contributed by atoms with Crippen molar-refractivity contribution in [2.45, 2.75) is 64.9 Å². The number of morpholine rings is 1. The van der Waals surface area contributed by atoms with Gasteiger partial charge in [-0.25, -0.2) is 0 Å². The Morgan fingerprint density at radius 1 is 1.22 bits per heavy atom. The van der Waals surface area contributed by atoms with E-state index in [4.69, 9.17) is 14.2 Å². The second-order valence-electron chi connectivity index (χ2n) is 7.78. The molecule has 0 aromatic rings. The number of carbonyl (C=O) groups excluding carboxylic acids is 1. The number of rotatable bonds is 4. The third-order valence-electron chi connectivity index (χ3n) is 5.72.